The van der Waals surface area contributed by atoms with Crippen LogP contribution in [0, 0.1) is 40.5 Å². The van der Waals surface area contributed by atoms with Crippen LogP contribution in [-0.2, 0) is 44.1 Å². The molecule has 0 aliphatic rings. The third kappa shape index (κ3) is 8.34. The highest BCUT2D eigenvalue weighted by atomic mass is 28.4. The van der Waals surface area contributed by atoms with Crippen LogP contribution in [0.3, 0.4) is 0 Å². The largest absolute Gasteiger partial charge is 0.680 e. The normalized spacial score (nSPS) is 11.2. The molecule has 0 saturated heterocycles. The van der Waals surface area contributed by atoms with Gasteiger partial charge in [-0.3, -0.25) is 40.5 Å². The first-order chi connectivity index (χ1) is 21.6. The number of para-hydroxylation sites is 4. The van der Waals surface area contributed by atoms with Crippen molar-refractivity contribution in [1.29, 1.82) is 0 Å². The fourth-order valence-corrected chi connectivity index (χ4v) is 5.99. The highest BCUT2D eigenvalue weighted by Crippen LogP contribution is 2.29. The van der Waals surface area contributed by atoms with Gasteiger partial charge in [0.15, 0.2) is 0 Å². The molecule has 45 heavy (non-hydrogen) atoms. The average Bonchev–Trinajstić information content (AvgIpc) is 3.04. The van der Waals surface area contributed by atoms with Gasteiger partial charge in [-0.25, -0.2) is 0 Å². The van der Waals surface area contributed by atoms with Gasteiger partial charge in [-0.05, 0) is 24.3 Å². The maximum atomic E-state index is 11.7. The smallest absolute Gasteiger partial charge is 0.346 e. The van der Waals surface area contributed by atoms with E-state index < -0.39 is 55.2 Å². The van der Waals surface area contributed by atoms with E-state index in [1.54, 1.807) is 0 Å². The van der Waals surface area contributed by atoms with Gasteiger partial charge < -0.3 is 17.7 Å². The summed E-state index contributed by atoms with van der Waals surface area (Å²) in [6, 6.07) is 22.6. The van der Waals surface area contributed by atoms with Crippen molar-refractivity contribution in [1.82, 2.24) is 0 Å². The van der Waals surface area contributed by atoms with E-state index in [0.717, 1.165) is 0 Å². The molecule has 4 aromatic carbocycles. The van der Waals surface area contributed by atoms with E-state index in [2.05, 4.69) is 0 Å². The Hall–Kier alpha value is -5.46. The van der Waals surface area contributed by atoms with Crippen LogP contribution in [0.25, 0.3) is 0 Å². The zero-order chi connectivity index (χ0) is 32.4. The predicted molar refractivity (Wildman–Crippen MR) is 157 cm³/mol. The van der Waals surface area contributed by atoms with Crippen molar-refractivity contribution in [3.63, 3.8) is 0 Å². The summed E-state index contributed by atoms with van der Waals surface area (Å²) < 4.78 is 24.1. The van der Waals surface area contributed by atoms with Crippen molar-refractivity contribution in [2.45, 2.75) is 26.4 Å². The number of hydrogen-bond acceptors (Lipinski definition) is 12. The van der Waals surface area contributed by atoms with Gasteiger partial charge in [-0.2, -0.15) is 0 Å². The van der Waals surface area contributed by atoms with Crippen LogP contribution in [-0.4, -0.2) is 28.7 Å². The average molecular weight is 637 g/mol. The zero-order valence-electron chi connectivity index (χ0n) is 23.3. The summed E-state index contributed by atoms with van der Waals surface area (Å²) in [4.78, 5) is 44.1. The lowest BCUT2D eigenvalue weighted by molar-refractivity contribution is -0.385. The van der Waals surface area contributed by atoms with Crippen molar-refractivity contribution < 1.29 is 37.4 Å². The molecular weight excluding hydrogens is 612 g/mol. The molecule has 0 spiro atoms. The summed E-state index contributed by atoms with van der Waals surface area (Å²) in [5.74, 6) is 0. The molecule has 0 heterocycles. The Balaban J connectivity index is 1.76. The Morgan fingerprint density at radius 1 is 0.400 bits per heavy atom. The Morgan fingerprint density at radius 3 is 0.800 bits per heavy atom. The molecule has 0 fully saturated rings. The van der Waals surface area contributed by atoms with Gasteiger partial charge in [0.05, 0.1) is 68.4 Å². The first-order valence-corrected chi connectivity index (χ1v) is 14.7. The van der Waals surface area contributed by atoms with Crippen molar-refractivity contribution in [3.05, 3.63) is 160 Å². The fraction of sp³-hybridized carbons (Fsp3) is 0.143. The van der Waals surface area contributed by atoms with Gasteiger partial charge in [0.2, 0.25) is 0 Å². The molecule has 0 aliphatic carbocycles. The summed E-state index contributed by atoms with van der Waals surface area (Å²) in [5, 5.41) is 46.6. The standard InChI is InChI=1S/C28H24N4O12Si/c33-29(34)25-13-5-1-9-21(25)17-41-45(42-18-22-10-2-6-14-26(22)30(35)36,43-19-23-11-3-7-15-27(23)31(37)38)44-20-24-12-4-8-16-28(24)32(39)40/h1-16H,17-20H2. The van der Waals surface area contributed by atoms with Gasteiger partial charge in [0, 0.05) is 24.3 Å². The Labute approximate surface area is 255 Å². The van der Waals surface area contributed by atoms with Gasteiger partial charge in [0.1, 0.15) is 0 Å². The lowest BCUT2D eigenvalue weighted by Crippen LogP contribution is -2.48. The van der Waals surface area contributed by atoms with Crippen LogP contribution in [0.4, 0.5) is 22.7 Å². The lowest BCUT2D eigenvalue weighted by atomic mass is 10.2. The quantitative estimate of drug-likeness (QED) is 0.0797. The SMILES string of the molecule is O=[N+]([O-])c1ccccc1CO[Si](OCc1ccccc1[N+](=O)[O-])(OCc1ccccc1[N+](=O)[O-])OCc1ccccc1[N+](=O)[O-]. The number of benzene rings is 4. The molecule has 232 valence electrons. The zero-order valence-corrected chi connectivity index (χ0v) is 24.3. The summed E-state index contributed by atoms with van der Waals surface area (Å²) in [6.45, 7) is -2.02. The molecule has 0 amide bonds. The third-order valence-electron chi connectivity index (χ3n) is 6.37. The number of rotatable bonds is 16. The highest BCUT2D eigenvalue weighted by molar-refractivity contribution is 6.53. The maximum Gasteiger partial charge on any atom is 0.680 e. The first-order valence-electron chi connectivity index (χ1n) is 13.0. The highest BCUT2D eigenvalue weighted by Gasteiger charge is 2.48. The molecule has 0 saturated carbocycles. The van der Waals surface area contributed by atoms with Crippen molar-refractivity contribution >= 4 is 31.8 Å². The molecule has 0 bridgehead atoms. The summed E-state index contributed by atoms with van der Waals surface area (Å²) in [6.07, 6.45) is 0. The fourth-order valence-electron chi connectivity index (χ4n) is 4.16. The molecule has 0 unspecified atom stereocenters. The van der Waals surface area contributed by atoms with E-state index in [1.165, 1.54) is 97.1 Å². The Bertz CT molecular complexity index is 1470. The number of nitro groups is 4. The predicted octanol–water partition coefficient (Wildman–Crippen LogP) is 5.92. The van der Waals surface area contributed by atoms with E-state index in [0.29, 0.717) is 0 Å². The second-order valence-corrected chi connectivity index (χ2v) is 11.4. The summed E-state index contributed by atoms with van der Waals surface area (Å²) in [5.41, 5.74) is -0.801. The molecule has 0 radical (unpaired) electrons. The summed E-state index contributed by atoms with van der Waals surface area (Å²) >= 11 is 0. The minimum absolute atomic E-state index is 0.0947. The van der Waals surface area contributed by atoms with E-state index in [4.69, 9.17) is 17.7 Å². The van der Waals surface area contributed by atoms with E-state index >= 15 is 0 Å². The van der Waals surface area contributed by atoms with E-state index in [1.807, 2.05) is 0 Å². The third-order valence-corrected chi connectivity index (χ3v) is 8.36. The van der Waals surface area contributed by atoms with Crippen LogP contribution < -0.4 is 0 Å². The Kier molecular flexibility index (Phi) is 10.7. The van der Waals surface area contributed by atoms with Crippen LogP contribution >= 0.6 is 0 Å². The van der Waals surface area contributed by atoms with Gasteiger partial charge in [-0.15, -0.1) is 0 Å². The molecule has 0 atom stereocenters. The van der Waals surface area contributed by atoms with Gasteiger partial charge in [0.25, 0.3) is 22.7 Å². The molecule has 4 aromatic rings. The van der Waals surface area contributed by atoms with Crippen LogP contribution in [0.1, 0.15) is 22.3 Å². The molecule has 17 heteroatoms. The molecule has 0 aromatic heterocycles. The monoisotopic (exact) mass is 636 g/mol. The summed E-state index contributed by atoms with van der Waals surface area (Å²) in [7, 11) is -4.65. The lowest BCUT2D eigenvalue weighted by Gasteiger charge is -2.28. The number of hydrogen-bond donors (Lipinski definition) is 0. The molecule has 0 N–H and O–H groups in total. The topological polar surface area (TPSA) is 209 Å². The maximum absolute atomic E-state index is 11.7. The minimum Gasteiger partial charge on any atom is -0.346 e. The molecule has 4 rings (SSSR count). The molecular formula is C28H24N4O12Si. The van der Waals surface area contributed by atoms with E-state index in [-0.39, 0.29) is 45.0 Å². The van der Waals surface area contributed by atoms with Gasteiger partial charge in [-0.1, -0.05) is 48.5 Å². The molecule has 16 nitrogen and oxygen atoms in total. The van der Waals surface area contributed by atoms with Crippen LogP contribution in [0.15, 0.2) is 97.1 Å². The second kappa shape index (κ2) is 14.8. The number of nitro benzene ring substituents is 4. The van der Waals surface area contributed by atoms with E-state index in [9.17, 15) is 40.5 Å². The van der Waals surface area contributed by atoms with Gasteiger partial charge >= 0.3 is 9.05 Å². The number of nitrogens with zero attached hydrogens (tertiary/aromatic N) is 4. The van der Waals surface area contributed by atoms with Crippen molar-refractivity contribution in [2.75, 3.05) is 0 Å². The van der Waals surface area contributed by atoms with Crippen molar-refractivity contribution in [2.24, 2.45) is 0 Å². The second-order valence-electron chi connectivity index (χ2n) is 9.20. The van der Waals surface area contributed by atoms with Crippen LogP contribution in [0.2, 0.25) is 0 Å². The minimum atomic E-state index is -4.65. The van der Waals surface area contributed by atoms with Crippen LogP contribution in [0.5, 0.6) is 0 Å². The Morgan fingerprint density at radius 2 is 0.600 bits per heavy atom. The molecule has 0 aliphatic heterocycles. The first kappa shape index (κ1) is 32.5. The van der Waals surface area contributed by atoms with Crippen molar-refractivity contribution in [3.8, 4) is 0 Å².